The van der Waals surface area contributed by atoms with E-state index < -0.39 is 22.9 Å². The van der Waals surface area contributed by atoms with Gasteiger partial charge in [0.15, 0.2) is 0 Å². The zero-order valence-corrected chi connectivity index (χ0v) is 8.49. The van der Waals surface area contributed by atoms with Gasteiger partial charge in [-0.1, -0.05) is 19.2 Å². The van der Waals surface area contributed by atoms with Gasteiger partial charge in [-0.25, -0.2) is 4.39 Å². The Bertz CT molecular complexity index is 338. The monoisotopic (exact) mass is 218 g/mol. The number of aliphatic hydroxyl groups is 1. The van der Waals surface area contributed by atoms with E-state index in [9.17, 15) is 18.3 Å². The summed E-state index contributed by atoms with van der Waals surface area (Å²) in [5, 5.41) is 9.36. The molecule has 0 saturated heterocycles. The summed E-state index contributed by atoms with van der Waals surface area (Å²) in [4.78, 5) is 0. The van der Waals surface area contributed by atoms with Crippen molar-refractivity contribution < 1.29 is 18.3 Å². The van der Waals surface area contributed by atoms with E-state index >= 15 is 0 Å². The molecule has 0 aromatic carbocycles. The molecule has 0 unspecified atom stereocenters. The van der Waals surface area contributed by atoms with Crippen molar-refractivity contribution in [2.45, 2.75) is 31.3 Å². The number of hydrogen-bond acceptors (Lipinski definition) is 1. The van der Waals surface area contributed by atoms with Crippen molar-refractivity contribution in [2.75, 3.05) is 0 Å². The fourth-order valence-corrected chi connectivity index (χ4v) is 1.27. The maximum absolute atomic E-state index is 13.6. The summed E-state index contributed by atoms with van der Waals surface area (Å²) in [5.41, 5.74) is -3.09. The first kappa shape index (κ1) is 12.0. The third-order valence-corrected chi connectivity index (χ3v) is 2.46. The predicted octanol–water partition coefficient (Wildman–Crippen LogP) is 3.13. The molecule has 84 valence electrons. The Balaban J connectivity index is 3.18. The third kappa shape index (κ3) is 1.86. The topological polar surface area (TPSA) is 20.2 Å². The standard InChI is InChI=1S/C11H13F3O/c1-4-8(9(12)7(2)3)11(13,14)10(15)5-6-10/h4,15H,1-2,5-6H2,3H3/b9-8-. The van der Waals surface area contributed by atoms with E-state index in [2.05, 4.69) is 13.2 Å². The minimum Gasteiger partial charge on any atom is -0.383 e. The zero-order chi connectivity index (χ0) is 11.9. The summed E-state index contributed by atoms with van der Waals surface area (Å²) in [6, 6.07) is 0. The lowest BCUT2D eigenvalue weighted by atomic mass is 9.98. The van der Waals surface area contributed by atoms with Crippen LogP contribution in [0, 0.1) is 0 Å². The van der Waals surface area contributed by atoms with Gasteiger partial charge in [0.05, 0.1) is 5.57 Å². The molecule has 0 atom stereocenters. The largest absolute Gasteiger partial charge is 0.383 e. The van der Waals surface area contributed by atoms with Crippen molar-refractivity contribution >= 4 is 0 Å². The third-order valence-electron chi connectivity index (χ3n) is 2.46. The second-order valence-corrected chi connectivity index (χ2v) is 3.82. The van der Waals surface area contributed by atoms with Crippen LogP contribution < -0.4 is 0 Å². The van der Waals surface area contributed by atoms with Crippen LogP contribution in [0.25, 0.3) is 0 Å². The first-order valence-corrected chi connectivity index (χ1v) is 4.55. The maximum atomic E-state index is 13.6. The highest BCUT2D eigenvalue weighted by molar-refractivity contribution is 5.40. The molecule has 4 heteroatoms. The van der Waals surface area contributed by atoms with Crippen molar-refractivity contribution in [1.29, 1.82) is 0 Å². The quantitative estimate of drug-likeness (QED) is 0.719. The van der Waals surface area contributed by atoms with Gasteiger partial charge >= 0.3 is 5.92 Å². The van der Waals surface area contributed by atoms with Gasteiger partial charge in [-0.2, -0.15) is 8.78 Å². The summed E-state index contributed by atoms with van der Waals surface area (Å²) in [6.45, 7) is 7.67. The Morgan fingerprint density at radius 2 is 1.93 bits per heavy atom. The SMILES string of the molecule is C=C/C(=C(/F)C(=C)C)C(F)(F)C1(O)CC1. The smallest absolute Gasteiger partial charge is 0.304 e. The van der Waals surface area contributed by atoms with E-state index in [1.807, 2.05) is 0 Å². The van der Waals surface area contributed by atoms with Gasteiger partial charge in [-0.15, -0.1) is 0 Å². The lowest BCUT2D eigenvalue weighted by molar-refractivity contribution is -0.0949. The van der Waals surface area contributed by atoms with Crippen LogP contribution in [0.15, 0.2) is 36.2 Å². The molecule has 0 heterocycles. The van der Waals surface area contributed by atoms with Crippen molar-refractivity contribution in [3.63, 3.8) is 0 Å². The highest BCUT2D eigenvalue weighted by Crippen LogP contribution is 2.52. The Hall–Kier alpha value is -1.03. The Morgan fingerprint density at radius 3 is 2.20 bits per heavy atom. The van der Waals surface area contributed by atoms with Crippen LogP contribution in [0.2, 0.25) is 0 Å². The molecule has 1 saturated carbocycles. The predicted molar refractivity (Wildman–Crippen MR) is 52.3 cm³/mol. The van der Waals surface area contributed by atoms with Crippen LogP contribution >= 0.6 is 0 Å². The van der Waals surface area contributed by atoms with E-state index in [4.69, 9.17) is 0 Å². The molecule has 0 spiro atoms. The van der Waals surface area contributed by atoms with Crippen LogP contribution in [-0.2, 0) is 0 Å². The van der Waals surface area contributed by atoms with Crippen LogP contribution in [0.5, 0.6) is 0 Å². The Kier molecular flexibility index (Phi) is 2.83. The summed E-state index contributed by atoms with van der Waals surface area (Å²) in [7, 11) is 0. The fourth-order valence-electron chi connectivity index (χ4n) is 1.27. The van der Waals surface area contributed by atoms with Crippen LogP contribution in [0.3, 0.4) is 0 Å². The molecular formula is C11H13F3O. The van der Waals surface area contributed by atoms with Gasteiger partial charge in [0.1, 0.15) is 11.4 Å². The minimum atomic E-state index is -3.60. The summed E-state index contributed by atoms with van der Waals surface area (Å²) >= 11 is 0. The molecule has 0 amide bonds. The molecule has 1 rings (SSSR count). The van der Waals surface area contributed by atoms with E-state index in [-0.39, 0.29) is 18.4 Å². The average Bonchev–Trinajstić information content (AvgIpc) is 2.85. The van der Waals surface area contributed by atoms with Gasteiger partial charge in [-0.3, -0.25) is 0 Å². The number of halogens is 3. The van der Waals surface area contributed by atoms with Gasteiger partial charge in [-0.05, 0) is 25.3 Å². The van der Waals surface area contributed by atoms with Crippen molar-refractivity contribution in [2.24, 2.45) is 0 Å². The first-order chi connectivity index (χ1) is 6.76. The molecule has 0 aromatic rings. The van der Waals surface area contributed by atoms with Gasteiger partial charge < -0.3 is 5.11 Å². The summed E-state index contributed by atoms with van der Waals surface area (Å²) in [5.74, 6) is -4.70. The normalized spacial score (nSPS) is 20.6. The molecule has 1 nitrogen and oxygen atoms in total. The molecule has 1 aliphatic carbocycles. The minimum absolute atomic E-state index is 0.0270. The van der Waals surface area contributed by atoms with Gasteiger partial charge in [0.25, 0.3) is 0 Å². The van der Waals surface area contributed by atoms with Crippen molar-refractivity contribution in [3.8, 4) is 0 Å². The number of alkyl halides is 2. The second-order valence-electron chi connectivity index (χ2n) is 3.82. The number of hydrogen-bond donors (Lipinski definition) is 1. The highest BCUT2D eigenvalue weighted by Gasteiger charge is 2.63. The molecule has 0 radical (unpaired) electrons. The molecule has 0 aliphatic heterocycles. The number of rotatable bonds is 4. The van der Waals surface area contributed by atoms with Gasteiger partial charge in [0.2, 0.25) is 0 Å². The highest BCUT2D eigenvalue weighted by atomic mass is 19.3. The molecule has 0 aromatic heterocycles. The van der Waals surface area contributed by atoms with E-state index in [0.29, 0.717) is 0 Å². The molecule has 15 heavy (non-hydrogen) atoms. The van der Waals surface area contributed by atoms with E-state index in [1.165, 1.54) is 6.92 Å². The molecule has 1 N–H and O–H groups in total. The van der Waals surface area contributed by atoms with Crippen molar-refractivity contribution in [3.05, 3.63) is 36.2 Å². The lowest BCUT2D eigenvalue weighted by Crippen LogP contribution is -2.37. The van der Waals surface area contributed by atoms with E-state index in [0.717, 1.165) is 6.08 Å². The lowest BCUT2D eigenvalue weighted by Gasteiger charge is -2.23. The van der Waals surface area contributed by atoms with Crippen molar-refractivity contribution in [1.82, 2.24) is 0 Å². The average molecular weight is 218 g/mol. The van der Waals surface area contributed by atoms with Crippen LogP contribution in [-0.4, -0.2) is 16.6 Å². The maximum Gasteiger partial charge on any atom is 0.304 e. The Morgan fingerprint density at radius 1 is 1.47 bits per heavy atom. The first-order valence-electron chi connectivity index (χ1n) is 4.55. The molecule has 1 aliphatic rings. The van der Waals surface area contributed by atoms with Gasteiger partial charge in [0, 0.05) is 0 Å². The van der Waals surface area contributed by atoms with Crippen LogP contribution in [0.1, 0.15) is 19.8 Å². The molecule has 1 fully saturated rings. The summed E-state index contributed by atoms with van der Waals surface area (Å²) in [6.07, 6.45) is 0.682. The molecular weight excluding hydrogens is 205 g/mol. The van der Waals surface area contributed by atoms with E-state index in [1.54, 1.807) is 0 Å². The second kappa shape index (κ2) is 3.52. The zero-order valence-electron chi connectivity index (χ0n) is 8.49. The molecule has 0 bridgehead atoms. The fraction of sp³-hybridized carbons (Fsp3) is 0.455. The summed E-state index contributed by atoms with van der Waals surface area (Å²) < 4.78 is 40.6. The Labute approximate surface area is 86.6 Å². The number of allylic oxidation sites excluding steroid dienone is 3. The van der Waals surface area contributed by atoms with Crippen LogP contribution in [0.4, 0.5) is 13.2 Å².